The molecule has 5 heteroatoms. The van der Waals surface area contributed by atoms with Crippen LogP contribution in [0.2, 0.25) is 0 Å². The third-order valence-corrected chi connectivity index (χ3v) is 2.91. The van der Waals surface area contributed by atoms with E-state index in [2.05, 4.69) is 4.98 Å². The van der Waals surface area contributed by atoms with Crippen molar-refractivity contribution in [3.63, 3.8) is 0 Å². The molecule has 0 saturated heterocycles. The van der Waals surface area contributed by atoms with E-state index < -0.39 is 5.82 Å². The Morgan fingerprint density at radius 2 is 2.00 bits per heavy atom. The molecule has 0 aliphatic carbocycles. The summed E-state index contributed by atoms with van der Waals surface area (Å²) in [6.07, 6.45) is 0. The molecule has 0 atom stereocenters. The lowest BCUT2D eigenvalue weighted by Gasteiger charge is -2.08. The molecule has 0 fully saturated rings. The fourth-order valence-electron chi connectivity index (χ4n) is 2.09. The van der Waals surface area contributed by atoms with Crippen molar-refractivity contribution in [2.24, 2.45) is 0 Å². The van der Waals surface area contributed by atoms with Gasteiger partial charge in [0.25, 0.3) is 0 Å². The third-order valence-electron chi connectivity index (χ3n) is 2.91. The topological polar surface area (TPSA) is 67.6 Å². The van der Waals surface area contributed by atoms with E-state index in [4.69, 9.17) is 11.0 Å². The summed E-state index contributed by atoms with van der Waals surface area (Å²) >= 11 is 0. The molecule has 3 aromatic rings. The van der Waals surface area contributed by atoms with Gasteiger partial charge >= 0.3 is 0 Å². The maximum Gasteiger partial charge on any atom is 0.205 e. The van der Waals surface area contributed by atoms with Crippen molar-refractivity contribution in [3.05, 3.63) is 53.8 Å². The van der Waals surface area contributed by atoms with Gasteiger partial charge in [0.05, 0.1) is 22.3 Å². The molecule has 0 amide bonds. The molecule has 0 bridgehead atoms. The molecule has 0 aliphatic rings. The van der Waals surface area contributed by atoms with Gasteiger partial charge in [0.2, 0.25) is 5.95 Å². The van der Waals surface area contributed by atoms with E-state index in [1.54, 1.807) is 4.57 Å². The molecule has 92 valence electrons. The first-order valence-electron chi connectivity index (χ1n) is 5.63. The van der Waals surface area contributed by atoms with Crippen molar-refractivity contribution in [2.45, 2.75) is 0 Å². The molecule has 1 heterocycles. The van der Waals surface area contributed by atoms with Crippen LogP contribution < -0.4 is 5.73 Å². The minimum atomic E-state index is -0.455. The van der Waals surface area contributed by atoms with Crippen LogP contribution in [-0.2, 0) is 0 Å². The standard InChI is InChI=1S/C14H9FN4/c15-10-5-6-12(9(7-10)8-16)19-13-4-2-1-3-11(13)18-14(19)17/h1-7H,(H2,17,18). The zero-order valence-corrected chi connectivity index (χ0v) is 9.84. The van der Waals surface area contributed by atoms with Crippen LogP contribution in [0.3, 0.4) is 0 Å². The van der Waals surface area contributed by atoms with Crippen LogP contribution in [-0.4, -0.2) is 9.55 Å². The normalized spacial score (nSPS) is 10.5. The summed E-state index contributed by atoms with van der Waals surface area (Å²) in [6.45, 7) is 0. The Morgan fingerprint density at radius 3 is 2.79 bits per heavy atom. The number of para-hydroxylation sites is 2. The number of nitriles is 1. The van der Waals surface area contributed by atoms with Gasteiger partial charge in [-0.3, -0.25) is 4.57 Å². The Morgan fingerprint density at radius 1 is 1.21 bits per heavy atom. The number of nitrogens with two attached hydrogens (primary N) is 1. The van der Waals surface area contributed by atoms with Gasteiger partial charge in [-0.05, 0) is 30.3 Å². The molecule has 3 rings (SSSR count). The summed E-state index contributed by atoms with van der Waals surface area (Å²) in [6, 6.07) is 13.4. The number of hydrogen-bond acceptors (Lipinski definition) is 3. The van der Waals surface area contributed by atoms with Gasteiger partial charge in [0.1, 0.15) is 11.9 Å². The lowest BCUT2D eigenvalue weighted by molar-refractivity contribution is 0.627. The number of aromatic nitrogens is 2. The highest BCUT2D eigenvalue weighted by molar-refractivity contribution is 5.81. The lowest BCUT2D eigenvalue weighted by Crippen LogP contribution is -2.03. The maximum atomic E-state index is 13.2. The van der Waals surface area contributed by atoms with Crippen molar-refractivity contribution < 1.29 is 4.39 Å². The molecule has 0 aliphatic heterocycles. The lowest BCUT2D eigenvalue weighted by atomic mass is 10.2. The molecule has 4 nitrogen and oxygen atoms in total. The van der Waals surface area contributed by atoms with Gasteiger partial charge < -0.3 is 5.73 Å². The predicted molar refractivity (Wildman–Crippen MR) is 70.2 cm³/mol. The van der Waals surface area contributed by atoms with E-state index in [0.29, 0.717) is 5.69 Å². The van der Waals surface area contributed by atoms with E-state index in [9.17, 15) is 4.39 Å². The molecular weight excluding hydrogens is 243 g/mol. The molecule has 0 radical (unpaired) electrons. The highest BCUT2D eigenvalue weighted by atomic mass is 19.1. The summed E-state index contributed by atoms with van der Waals surface area (Å²) in [5.41, 5.74) is 8.15. The first-order chi connectivity index (χ1) is 9.20. The van der Waals surface area contributed by atoms with Crippen LogP contribution in [0.4, 0.5) is 10.3 Å². The van der Waals surface area contributed by atoms with Crippen molar-refractivity contribution in [2.75, 3.05) is 5.73 Å². The van der Waals surface area contributed by atoms with E-state index in [1.165, 1.54) is 18.2 Å². The van der Waals surface area contributed by atoms with Crippen LogP contribution in [0.5, 0.6) is 0 Å². The molecule has 2 N–H and O–H groups in total. The Balaban J connectivity index is 2.37. The average molecular weight is 252 g/mol. The van der Waals surface area contributed by atoms with Crippen molar-refractivity contribution in [3.8, 4) is 11.8 Å². The SMILES string of the molecule is N#Cc1cc(F)ccc1-n1c(N)nc2ccccc21. The quantitative estimate of drug-likeness (QED) is 0.723. The van der Waals surface area contributed by atoms with E-state index in [0.717, 1.165) is 11.0 Å². The first kappa shape index (κ1) is 11.2. The van der Waals surface area contributed by atoms with Crippen molar-refractivity contribution >= 4 is 17.0 Å². The van der Waals surface area contributed by atoms with Crippen molar-refractivity contribution in [1.29, 1.82) is 5.26 Å². The summed E-state index contributed by atoms with van der Waals surface area (Å²) in [5, 5.41) is 9.11. The fourth-order valence-corrected chi connectivity index (χ4v) is 2.09. The minimum Gasteiger partial charge on any atom is -0.369 e. The Kier molecular flexibility index (Phi) is 2.43. The number of rotatable bonds is 1. The molecule has 2 aromatic carbocycles. The third kappa shape index (κ3) is 1.70. The van der Waals surface area contributed by atoms with Gasteiger partial charge in [-0.25, -0.2) is 9.37 Å². The highest BCUT2D eigenvalue weighted by Gasteiger charge is 2.13. The number of imidazole rings is 1. The van der Waals surface area contributed by atoms with Crippen LogP contribution in [0.25, 0.3) is 16.7 Å². The van der Waals surface area contributed by atoms with E-state index in [1.807, 2.05) is 30.3 Å². The largest absolute Gasteiger partial charge is 0.369 e. The Bertz CT molecular complexity index is 814. The maximum absolute atomic E-state index is 13.2. The zero-order valence-electron chi connectivity index (χ0n) is 9.84. The van der Waals surface area contributed by atoms with Gasteiger partial charge in [-0.15, -0.1) is 0 Å². The molecular formula is C14H9FN4. The number of benzene rings is 2. The van der Waals surface area contributed by atoms with Crippen molar-refractivity contribution in [1.82, 2.24) is 9.55 Å². The summed E-state index contributed by atoms with van der Waals surface area (Å²) < 4.78 is 14.8. The number of halogens is 1. The number of hydrogen-bond donors (Lipinski definition) is 1. The summed E-state index contributed by atoms with van der Waals surface area (Å²) in [5.74, 6) is -0.187. The van der Waals surface area contributed by atoms with Gasteiger partial charge in [-0.2, -0.15) is 5.26 Å². The molecule has 0 saturated carbocycles. The number of anilines is 1. The van der Waals surface area contributed by atoms with Crippen LogP contribution in [0.1, 0.15) is 5.56 Å². The molecule has 1 aromatic heterocycles. The second-order valence-electron chi connectivity index (χ2n) is 4.07. The second-order valence-corrected chi connectivity index (χ2v) is 4.07. The van der Waals surface area contributed by atoms with Crippen LogP contribution in [0.15, 0.2) is 42.5 Å². The van der Waals surface area contributed by atoms with E-state index in [-0.39, 0.29) is 11.5 Å². The smallest absolute Gasteiger partial charge is 0.205 e. The number of nitrogens with zero attached hydrogens (tertiary/aromatic N) is 3. The molecule has 0 spiro atoms. The zero-order chi connectivity index (χ0) is 13.4. The summed E-state index contributed by atoms with van der Waals surface area (Å²) in [4.78, 5) is 4.22. The highest BCUT2D eigenvalue weighted by Crippen LogP contribution is 2.25. The second kappa shape index (κ2) is 4.10. The minimum absolute atomic E-state index is 0.217. The predicted octanol–water partition coefficient (Wildman–Crippen LogP) is 2.62. The summed E-state index contributed by atoms with van der Waals surface area (Å²) in [7, 11) is 0. The molecule has 0 unspecified atom stereocenters. The average Bonchev–Trinajstić information content (AvgIpc) is 2.74. The van der Waals surface area contributed by atoms with Gasteiger partial charge in [-0.1, -0.05) is 12.1 Å². The number of fused-ring (bicyclic) bond motifs is 1. The van der Waals surface area contributed by atoms with Gasteiger partial charge in [0, 0.05) is 0 Å². The van der Waals surface area contributed by atoms with Crippen LogP contribution in [0, 0.1) is 17.1 Å². The first-order valence-corrected chi connectivity index (χ1v) is 5.63. The van der Waals surface area contributed by atoms with Crippen LogP contribution >= 0.6 is 0 Å². The van der Waals surface area contributed by atoms with E-state index >= 15 is 0 Å². The fraction of sp³-hybridized carbons (Fsp3) is 0. The monoisotopic (exact) mass is 252 g/mol. The Labute approximate surface area is 108 Å². The number of nitrogen functional groups attached to an aromatic ring is 1. The molecule has 19 heavy (non-hydrogen) atoms. The Hall–Kier alpha value is -2.87. The van der Waals surface area contributed by atoms with Gasteiger partial charge in [0.15, 0.2) is 0 Å².